The summed E-state index contributed by atoms with van der Waals surface area (Å²) in [5.41, 5.74) is 3.08. The van der Waals surface area contributed by atoms with Crippen molar-refractivity contribution in [1.29, 1.82) is 0 Å². The van der Waals surface area contributed by atoms with Gasteiger partial charge in [0.1, 0.15) is 5.52 Å². The molecule has 0 saturated carbocycles. The van der Waals surface area contributed by atoms with E-state index in [0.717, 1.165) is 43.9 Å². The summed E-state index contributed by atoms with van der Waals surface area (Å²) in [4.78, 5) is 11.4. The second-order valence-electron chi connectivity index (χ2n) is 4.88. The highest BCUT2D eigenvalue weighted by molar-refractivity contribution is 5.76. The maximum atomic E-state index is 5.13. The first kappa shape index (κ1) is 12.4. The third kappa shape index (κ3) is 2.41. The molecular weight excluding hydrogens is 242 g/mol. The number of piperazine rings is 1. The zero-order valence-corrected chi connectivity index (χ0v) is 11.4. The van der Waals surface area contributed by atoms with Crippen molar-refractivity contribution in [2.24, 2.45) is 7.05 Å². The number of hydrogen-bond donors (Lipinski definition) is 1. The van der Waals surface area contributed by atoms with Crippen molar-refractivity contribution in [1.82, 2.24) is 24.8 Å². The fourth-order valence-corrected chi connectivity index (χ4v) is 2.52. The van der Waals surface area contributed by atoms with Crippen LogP contribution >= 0.6 is 0 Å². The average molecular weight is 261 g/mol. The van der Waals surface area contributed by atoms with Crippen LogP contribution in [-0.4, -0.2) is 52.7 Å². The van der Waals surface area contributed by atoms with Gasteiger partial charge in [0.15, 0.2) is 5.65 Å². The maximum Gasteiger partial charge on any atom is 0.234 e. The van der Waals surface area contributed by atoms with Crippen molar-refractivity contribution < 1.29 is 4.74 Å². The third-order valence-corrected chi connectivity index (χ3v) is 3.53. The smallest absolute Gasteiger partial charge is 0.234 e. The van der Waals surface area contributed by atoms with Gasteiger partial charge in [-0.1, -0.05) is 0 Å². The minimum Gasteiger partial charge on any atom is -0.480 e. The van der Waals surface area contributed by atoms with Crippen LogP contribution in [0.15, 0.2) is 12.4 Å². The van der Waals surface area contributed by atoms with Gasteiger partial charge in [0.25, 0.3) is 0 Å². The molecule has 2 aromatic rings. The molecule has 0 radical (unpaired) electrons. The highest BCUT2D eigenvalue weighted by Gasteiger charge is 2.15. The molecule has 102 valence electrons. The molecular formula is C13H19N5O. The maximum absolute atomic E-state index is 5.13. The summed E-state index contributed by atoms with van der Waals surface area (Å²) in [6, 6.07) is 0. The first-order valence-corrected chi connectivity index (χ1v) is 6.56. The van der Waals surface area contributed by atoms with Crippen molar-refractivity contribution in [2.75, 3.05) is 33.3 Å². The number of ether oxygens (including phenoxy) is 1. The van der Waals surface area contributed by atoms with Gasteiger partial charge in [-0.05, 0) is 0 Å². The van der Waals surface area contributed by atoms with Gasteiger partial charge in [0.2, 0.25) is 5.88 Å². The predicted molar refractivity (Wildman–Crippen MR) is 73.2 cm³/mol. The number of aromatic nitrogens is 3. The van der Waals surface area contributed by atoms with Gasteiger partial charge >= 0.3 is 0 Å². The molecule has 3 heterocycles. The lowest BCUT2D eigenvalue weighted by atomic mass is 10.2. The summed E-state index contributed by atoms with van der Waals surface area (Å²) < 4.78 is 7.15. The van der Waals surface area contributed by atoms with E-state index in [9.17, 15) is 0 Å². The normalized spacial score (nSPS) is 16.9. The summed E-state index contributed by atoms with van der Waals surface area (Å²) in [7, 11) is 3.61. The minimum absolute atomic E-state index is 0.558. The number of hydrogen-bond acceptors (Lipinski definition) is 5. The molecule has 1 aliphatic heterocycles. The van der Waals surface area contributed by atoms with Crippen molar-refractivity contribution >= 4 is 11.2 Å². The van der Waals surface area contributed by atoms with Gasteiger partial charge in [-0.2, -0.15) is 4.98 Å². The molecule has 6 nitrogen and oxygen atoms in total. The minimum atomic E-state index is 0.558. The van der Waals surface area contributed by atoms with E-state index in [4.69, 9.17) is 4.74 Å². The highest BCUT2D eigenvalue weighted by Crippen LogP contribution is 2.20. The van der Waals surface area contributed by atoms with Crippen molar-refractivity contribution in [3.05, 3.63) is 18.0 Å². The second kappa shape index (κ2) is 5.14. The first-order chi connectivity index (χ1) is 9.28. The molecule has 0 amide bonds. The molecule has 1 aliphatic rings. The van der Waals surface area contributed by atoms with E-state index in [2.05, 4.69) is 26.4 Å². The second-order valence-corrected chi connectivity index (χ2v) is 4.88. The van der Waals surface area contributed by atoms with Gasteiger partial charge in [0, 0.05) is 51.5 Å². The van der Waals surface area contributed by atoms with Crippen LogP contribution in [0.3, 0.4) is 0 Å². The molecule has 0 aliphatic carbocycles. The number of nitrogens with one attached hydrogen (secondary N) is 1. The zero-order chi connectivity index (χ0) is 13.2. The van der Waals surface area contributed by atoms with Crippen LogP contribution in [0.2, 0.25) is 0 Å². The molecule has 0 atom stereocenters. The Kier molecular flexibility index (Phi) is 3.35. The fraction of sp³-hybridized carbons (Fsp3) is 0.538. The van der Waals surface area contributed by atoms with Gasteiger partial charge in [-0.15, -0.1) is 0 Å². The summed E-state index contributed by atoms with van der Waals surface area (Å²) in [6.45, 7) is 5.22. The van der Waals surface area contributed by atoms with Crippen molar-refractivity contribution in [2.45, 2.75) is 6.54 Å². The topological polar surface area (TPSA) is 55.2 Å². The van der Waals surface area contributed by atoms with E-state index in [0.29, 0.717) is 5.88 Å². The summed E-state index contributed by atoms with van der Waals surface area (Å²) in [5.74, 6) is 0.558. The molecule has 0 unspecified atom stereocenters. The molecule has 2 aromatic heterocycles. The molecule has 3 rings (SSSR count). The fourth-order valence-electron chi connectivity index (χ4n) is 2.52. The van der Waals surface area contributed by atoms with E-state index in [1.54, 1.807) is 13.3 Å². The number of methoxy groups -OCH3 is 1. The molecule has 6 heteroatoms. The standard InChI is InChI=1S/C13H19N5O/c1-17-8-10(9-18-5-3-14-4-6-18)12-13(17)16-11(19-2)7-15-12/h7-8,14H,3-6,9H2,1-2H3. The largest absolute Gasteiger partial charge is 0.480 e. The molecule has 0 aromatic carbocycles. The summed E-state index contributed by atoms with van der Waals surface area (Å²) in [5, 5.41) is 3.37. The number of fused-ring (bicyclic) bond motifs is 1. The number of aryl methyl sites for hydroxylation is 1. The number of rotatable bonds is 3. The lowest BCUT2D eigenvalue weighted by Crippen LogP contribution is -2.42. The van der Waals surface area contributed by atoms with Gasteiger partial charge in [-0.3, -0.25) is 4.90 Å². The van der Waals surface area contributed by atoms with Crippen molar-refractivity contribution in [3.63, 3.8) is 0 Å². The summed E-state index contributed by atoms with van der Waals surface area (Å²) >= 11 is 0. The number of nitrogens with zero attached hydrogens (tertiary/aromatic N) is 4. The Hall–Kier alpha value is -1.66. The molecule has 19 heavy (non-hydrogen) atoms. The molecule has 1 N–H and O–H groups in total. The Labute approximate surface area is 112 Å². The van der Waals surface area contributed by atoms with Gasteiger partial charge in [0.05, 0.1) is 13.3 Å². The lowest BCUT2D eigenvalue weighted by Gasteiger charge is -2.26. The molecule has 0 spiro atoms. The van der Waals surface area contributed by atoms with E-state index in [-0.39, 0.29) is 0 Å². The summed E-state index contributed by atoms with van der Waals surface area (Å²) in [6.07, 6.45) is 3.80. The van der Waals surface area contributed by atoms with E-state index in [1.165, 1.54) is 5.56 Å². The quantitative estimate of drug-likeness (QED) is 0.866. The van der Waals surface area contributed by atoms with Crippen LogP contribution in [-0.2, 0) is 13.6 Å². The molecule has 1 saturated heterocycles. The predicted octanol–water partition coefficient (Wildman–Crippen LogP) is 0.382. The monoisotopic (exact) mass is 261 g/mol. The average Bonchev–Trinajstić information content (AvgIpc) is 2.76. The molecule has 1 fully saturated rings. The van der Waals surface area contributed by atoms with Gasteiger partial charge in [-0.25, -0.2) is 4.98 Å². The molecule has 0 bridgehead atoms. The Bertz CT molecular complexity index is 574. The van der Waals surface area contributed by atoms with Crippen LogP contribution in [0.1, 0.15) is 5.56 Å². The lowest BCUT2D eigenvalue weighted by molar-refractivity contribution is 0.234. The van der Waals surface area contributed by atoms with Crippen molar-refractivity contribution in [3.8, 4) is 5.88 Å². The van der Waals surface area contributed by atoms with Crippen LogP contribution in [0.25, 0.3) is 11.2 Å². The Morgan fingerprint density at radius 2 is 2.16 bits per heavy atom. The van der Waals surface area contributed by atoms with Crippen LogP contribution < -0.4 is 10.1 Å². The van der Waals surface area contributed by atoms with Gasteiger partial charge < -0.3 is 14.6 Å². The Morgan fingerprint density at radius 1 is 1.37 bits per heavy atom. The Balaban J connectivity index is 1.90. The van der Waals surface area contributed by atoms with E-state index < -0.39 is 0 Å². The first-order valence-electron chi connectivity index (χ1n) is 6.56. The van der Waals surface area contributed by atoms with Crippen LogP contribution in [0.5, 0.6) is 5.88 Å². The third-order valence-electron chi connectivity index (χ3n) is 3.53. The highest BCUT2D eigenvalue weighted by atomic mass is 16.5. The van der Waals surface area contributed by atoms with Crippen LogP contribution in [0.4, 0.5) is 0 Å². The van der Waals surface area contributed by atoms with E-state index in [1.807, 2.05) is 11.6 Å². The SMILES string of the molecule is COc1cnc2c(CN3CCNCC3)cn(C)c2n1. The Morgan fingerprint density at radius 3 is 2.89 bits per heavy atom. The zero-order valence-electron chi connectivity index (χ0n) is 11.4. The van der Waals surface area contributed by atoms with E-state index >= 15 is 0 Å². The van der Waals surface area contributed by atoms with Crippen LogP contribution in [0, 0.1) is 0 Å².